The standard InChI is InChI=1S/Ba.HO2PS/c;1-3(2)4/h;(H,1,2,4)/q+2;/p-1. The van der Waals surface area contributed by atoms with E-state index < -0.39 is 7.23 Å². The molecule has 0 aliphatic carbocycles. The molecule has 0 N–H and O–H groups in total. The van der Waals surface area contributed by atoms with E-state index in [0.717, 1.165) is 0 Å². The van der Waals surface area contributed by atoms with Gasteiger partial charge in [-0.1, -0.05) is 0 Å². The van der Waals surface area contributed by atoms with E-state index in [0.29, 0.717) is 0 Å². The average molecular weight is 232 g/mol. The second-order valence-corrected chi connectivity index (χ2v) is 1.57. The molecule has 1 unspecified atom stereocenters. The van der Waals surface area contributed by atoms with Crippen molar-refractivity contribution in [2.24, 2.45) is 0 Å². The van der Waals surface area contributed by atoms with Gasteiger partial charge in [-0.15, -0.1) is 4.57 Å². The molecule has 0 spiro atoms. The second kappa shape index (κ2) is 5.98. The molecule has 0 aromatic rings. The first-order valence-electron chi connectivity index (χ1n) is 0.548. The van der Waals surface area contributed by atoms with E-state index in [9.17, 15) is 0 Å². The summed E-state index contributed by atoms with van der Waals surface area (Å²) < 4.78 is 8.85. The fraction of sp³-hybridized carbons (Fsp3) is 0. The maximum Gasteiger partial charge on any atom is 2.00 e. The van der Waals surface area contributed by atoms with Gasteiger partial charge in [-0.2, -0.15) is 0 Å². The Morgan fingerprint density at radius 3 is 1.80 bits per heavy atom. The van der Waals surface area contributed by atoms with E-state index in [1.807, 2.05) is 0 Å². The fourth-order valence-electron chi connectivity index (χ4n) is 0. The number of hydrogen-bond donors (Lipinski definition) is 0. The molecule has 0 fully saturated rings. The number of hydrogen-bond acceptors (Lipinski definition) is 3. The maximum absolute atomic E-state index is 8.85. The van der Waals surface area contributed by atoms with Crippen LogP contribution in [0, 0.1) is 0 Å². The molecule has 5 heteroatoms. The minimum absolute atomic E-state index is 0. The Labute approximate surface area is 76.4 Å². The van der Waals surface area contributed by atoms with Crippen molar-refractivity contribution >= 4 is 68.4 Å². The van der Waals surface area contributed by atoms with Crippen LogP contribution in [0.25, 0.3) is 0 Å². The minimum atomic E-state index is -2.54. The van der Waals surface area contributed by atoms with Crippen LogP contribution in [0.4, 0.5) is 0 Å². The van der Waals surface area contributed by atoms with E-state index in [1.165, 1.54) is 0 Å². The van der Waals surface area contributed by atoms with Gasteiger partial charge in [0, 0.05) is 0 Å². The Hall–Kier alpha value is 1.98. The van der Waals surface area contributed by atoms with Gasteiger partial charge in [0.1, 0.15) is 0 Å². The monoisotopic (exact) mass is 233 g/mol. The molecule has 0 aromatic heterocycles. The summed E-state index contributed by atoms with van der Waals surface area (Å²) in [6.45, 7) is 0. The zero-order chi connectivity index (χ0) is 3.58. The molecule has 0 saturated heterocycles. The van der Waals surface area contributed by atoms with Crippen LogP contribution in [0.2, 0.25) is 0 Å². The van der Waals surface area contributed by atoms with Crippen LogP contribution in [0.5, 0.6) is 0 Å². The summed E-state index contributed by atoms with van der Waals surface area (Å²) in [5, 5.41) is 0. The van der Waals surface area contributed by atoms with Gasteiger partial charge in [0.05, 0.1) is 0 Å². The van der Waals surface area contributed by atoms with Crippen LogP contribution in [0.1, 0.15) is 0 Å². The van der Waals surface area contributed by atoms with Crippen LogP contribution >= 0.6 is 7.23 Å². The maximum atomic E-state index is 8.85. The molecule has 1 atom stereocenters. The van der Waals surface area contributed by atoms with Gasteiger partial charge >= 0.3 is 48.9 Å². The zero-order valence-electron chi connectivity index (χ0n) is 2.38. The van der Waals surface area contributed by atoms with Gasteiger partial charge in [-0.25, -0.2) is 0 Å². The molecule has 0 saturated carbocycles. The molecule has 0 aromatic carbocycles. The van der Waals surface area contributed by atoms with E-state index in [2.05, 4.69) is 12.2 Å². The van der Waals surface area contributed by atoms with Gasteiger partial charge in [-0.3, -0.25) is 0 Å². The van der Waals surface area contributed by atoms with Gasteiger partial charge in [0.15, 0.2) is 7.23 Å². The van der Waals surface area contributed by atoms with Crippen LogP contribution < -0.4 is 4.89 Å². The molecule has 0 amide bonds. The summed E-state index contributed by atoms with van der Waals surface area (Å²) in [4.78, 5) is 8.85. The minimum Gasteiger partial charge on any atom is -0.614 e. The Morgan fingerprint density at radius 2 is 1.80 bits per heavy atom. The molecule has 5 heavy (non-hydrogen) atoms. The van der Waals surface area contributed by atoms with Gasteiger partial charge in [0.25, 0.3) is 0 Å². The third kappa shape index (κ3) is 24.2. The normalized spacial score (nSPS) is 8.80. The van der Waals surface area contributed by atoms with Crippen molar-refractivity contribution < 1.29 is 9.46 Å². The first kappa shape index (κ1) is 10.1. The van der Waals surface area contributed by atoms with Crippen molar-refractivity contribution in [1.29, 1.82) is 0 Å². The third-order valence-corrected chi connectivity index (χ3v) is 0. The fourth-order valence-corrected chi connectivity index (χ4v) is 0. The van der Waals surface area contributed by atoms with E-state index in [-0.39, 0.29) is 48.9 Å². The van der Waals surface area contributed by atoms with E-state index in [4.69, 9.17) is 9.46 Å². The third-order valence-electron chi connectivity index (χ3n) is 0. The first-order valence-corrected chi connectivity index (χ1v) is 2.74. The van der Waals surface area contributed by atoms with Gasteiger partial charge in [-0.05, 0) is 0 Å². The van der Waals surface area contributed by atoms with Crippen molar-refractivity contribution in [1.82, 2.24) is 0 Å². The predicted octanol–water partition coefficient (Wildman–Crippen LogP) is -0.830. The predicted molar refractivity (Wildman–Crippen MR) is 20.7 cm³/mol. The smallest absolute Gasteiger partial charge is 0.614 e. The van der Waals surface area contributed by atoms with Crippen LogP contribution in [-0.2, 0) is 16.8 Å². The summed E-state index contributed by atoms with van der Waals surface area (Å²) >= 11 is 3.57. The molecule has 2 nitrogen and oxygen atoms in total. The summed E-state index contributed by atoms with van der Waals surface area (Å²) in [7, 11) is -2.54. The summed E-state index contributed by atoms with van der Waals surface area (Å²) in [6, 6.07) is 0. The molecule has 0 aliphatic heterocycles. The second-order valence-electron chi connectivity index (χ2n) is 0.224. The first-order chi connectivity index (χ1) is 1.73. The zero-order valence-corrected chi connectivity index (χ0v) is 8.53. The summed E-state index contributed by atoms with van der Waals surface area (Å²) in [6.07, 6.45) is 0. The molecule has 24 valence electrons. The number of rotatable bonds is 0. The molecular weight excluding hydrogens is 232 g/mol. The molecule has 0 aliphatic rings. The van der Waals surface area contributed by atoms with Crippen molar-refractivity contribution in [3.63, 3.8) is 0 Å². The molecule has 0 heterocycles. The average Bonchev–Trinajstić information content (AvgIpc) is 0.811. The molecule has 0 radical (unpaired) electrons. The molecule has 0 bridgehead atoms. The van der Waals surface area contributed by atoms with E-state index in [1.54, 1.807) is 0 Å². The van der Waals surface area contributed by atoms with Crippen LogP contribution in [-0.4, -0.2) is 48.9 Å². The Morgan fingerprint density at radius 1 is 1.80 bits per heavy atom. The van der Waals surface area contributed by atoms with Crippen molar-refractivity contribution in [3.05, 3.63) is 0 Å². The van der Waals surface area contributed by atoms with Crippen molar-refractivity contribution in [3.8, 4) is 0 Å². The quantitative estimate of drug-likeness (QED) is 0.311. The largest absolute Gasteiger partial charge is 2.00 e. The summed E-state index contributed by atoms with van der Waals surface area (Å²) in [5.74, 6) is 0. The van der Waals surface area contributed by atoms with Gasteiger partial charge < -0.3 is 17.1 Å². The molecule has 0 rings (SSSR count). The van der Waals surface area contributed by atoms with Crippen molar-refractivity contribution in [2.75, 3.05) is 0 Å². The topological polar surface area (TPSA) is 40.1 Å². The Bertz CT molecular complexity index is 32.6. The summed E-state index contributed by atoms with van der Waals surface area (Å²) in [5.41, 5.74) is 0. The Kier molecular flexibility index (Phi) is 12.0. The van der Waals surface area contributed by atoms with Gasteiger partial charge in [0.2, 0.25) is 0 Å². The van der Waals surface area contributed by atoms with Crippen LogP contribution in [0.15, 0.2) is 0 Å². The van der Waals surface area contributed by atoms with Crippen LogP contribution in [0.3, 0.4) is 0 Å². The SMILES string of the molecule is O=[P+]([O-])[S-].[Ba+2]. The van der Waals surface area contributed by atoms with Crippen molar-refractivity contribution in [2.45, 2.75) is 0 Å². The Balaban J connectivity index is 0. The van der Waals surface area contributed by atoms with E-state index >= 15 is 0 Å². The molecular formula is BaO2PS+.